The fourth-order valence-electron chi connectivity index (χ4n) is 3.34. The predicted octanol–water partition coefficient (Wildman–Crippen LogP) is 6.01. The topological polar surface area (TPSA) is 75.7 Å². The lowest BCUT2D eigenvalue weighted by Crippen LogP contribution is -2.09. The fraction of sp³-hybridized carbons (Fsp3) is 0.905. The Morgan fingerprint density at radius 2 is 1.19 bits per heavy atom. The summed E-state index contributed by atoms with van der Waals surface area (Å²) in [7, 11) is -3.33. The molecule has 5 nitrogen and oxygen atoms in total. The van der Waals surface area contributed by atoms with Crippen LogP contribution in [0.2, 0.25) is 0 Å². The second-order valence-electron chi connectivity index (χ2n) is 7.73. The van der Waals surface area contributed by atoms with Crippen molar-refractivity contribution >= 4 is 9.84 Å². The molecule has 1 rings (SSSR count). The Morgan fingerprint density at radius 1 is 0.704 bits per heavy atom. The third kappa shape index (κ3) is 11.5. The number of H-pyrrole nitrogens is 1. The molecule has 0 aliphatic rings. The Labute approximate surface area is 167 Å². The van der Waals surface area contributed by atoms with Crippen molar-refractivity contribution in [3.8, 4) is 0 Å². The van der Waals surface area contributed by atoms with Crippen LogP contribution in [0.25, 0.3) is 0 Å². The summed E-state index contributed by atoms with van der Waals surface area (Å²) in [5.74, 6) is 0.825. The largest absolute Gasteiger partial charge is 0.266 e. The molecule has 0 aliphatic heterocycles. The van der Waals surface area contributed by atoms with E-state index in [2.05, 4.69) is 22.1 Å². The van der Waals surface area contributed by atoms with E-state index in [4.69, 9.17) is 0 Å². The van der Waals surface area contributed by atoms with Gasteiger partial charge in [-0.05, 0) is 12.8 Å². The monoisotopic (exact) mass is 399 g/mol. The van der Waals surface area contributed by atoms with Gasteiger partial charge in [0.05, 0.1) is 5.75 Å². The highest BCUT2D eigenvalue weighted by molar-refractivity contribution is 7.91. The molecule has 0 amide bonds. The van der Waals surface area contributed by atoms with E-state index in [0.29, 0.717) is 12.2 Å². The van der Waals surface area contributed by atoms with Crippen molar-refractivity contribution < 1.29 is 8.42 Å². The molecule has 0 aromatic carbocycles. The van der Waals surface area contributed by atoms with E-state index in [1.54, 1.807) is 0 Å². The second-order valence-corrected chi connectivity index (χ2v) is 9.73. The quantitative estimate of drug-likeness (QED) is 0.307. The number of aromatic amines is 1. The SMILES string of the molecule is CCCCCCCCCCCCCCCCS(=O)(=O)c1n[nH]c(CCC)n1. The summed E-state index contributed by atoms with van der Waals surface area (Å²) < 4.78 is 24.4. The van der Waals surface area contributed by atoms with Gasteiger partial charge < -0.3 is 0 Å². The predicted molar refractivity (Wildman–Crippen MR) is 113 cm³/mol. The van der Waals surface area contributed by atoms with Gasteiger partial charge in [-0.3, -0.25) is 5.10 Å². The summed E-state index contributed by atoms with van der Waals surface area (Å²) in [6.07, 6.45) is 19.3. The van der Waals surface area contributed by atoms with Crippen LogP contribution >= 0.6 is 0 Å². The van der Waals surface area contributed by atoms with E-state index in [1.807, 2.05) is 6.92 Å². The number of unbranched alkanes of at least 4 members (excludes halogenated alkanes) is 13. The Morgan fingerprint density at radius 3 is 1.67 bits per heavy atom. The van der Waals surface area contributed by atoms with Crippen molar-refractivity contribution in [1.29, 1.82) is 0 Å². The molecule has 0 unspecified atom stereocenters. The van der Waals surface area contributed by atoms with Gasteiger partial charge in [0.25, 0.3) is 5.16 Å². The molecule has 158 valence electrons. The molecule has 6 heteroatoms. The highest BCUT2D eigenvalue weighted by Crippen LogP contribution is 2.14. The molecule has 1 N–H and O–H groups in total. The molecule has 0 saturated heterocycles. The first kappa shape index (κ1) is 24.1. The first-order valence-corrected chi connectivity index (χ1v) is 12.9. The highest BCUT2D eigenvalue weighted by Gasteiger charge is 2.19. The molecule has 0 bridgehead atoms. The van der Waals surface area contributed by atoms with E-state index in [9.17, 15) is 8.42 Å². The number of hydrogen-bond acceptors (Lipinski definition) is 4. The van der Waals surface area contributed by atoms with E-state index >= 15 is 0 Å². The Balaban J connectivity index is 1.96. The van der Waals surface area contributed by atoms with Crippen LogP contribution in [0.3, 0.4) is 0 Å². The van der Waals surface area contributed by atoms with Gasteiger partial charge in [0.2, 0.25) is 9.84 Å². The lowest BCUT2D eigenvalue weighted by molar-refractivity contribution is 0.536. The fourth-order valence-corrected chi connectivity index (χ4v) is 4.54. The molecule has 0 aliphatic carbocycles. The standard InChI is InChI=1S/C21H41N3O2S/c1-3-5-6-7-8-9-10-11-12-13-14-15-16-17-19-27(25,26)21-22-20(18-4-2)23-24-21/h3-19H2,1-2H3,(H,22,23,24). The third-order valence-electron chi connectivity index (χ3n) is 5.04. The third-order valence-corrected chi connectivity index (χ3v) is 6.61. The lowest BCUT2D eigenvalue weighted by atomic mass is 10.0. The maximum absolute atomic E-state index is 12.2. The number of aromatic nitrogens is 3. The minimum absolute atomic E-state index is 0.0272. The zero-order valence-corrected chi connectivity index (χ0v) is 18.5. The van der Waals surface area contributed by atoms with E-state index in [1.165, 1.54) is 70.6 Å². The van der Waals surface area contributed by atoms with Gasteiger partial charge in [0.1, 0.15) is 5.82 Å². The van der Waals surface area contributed by atoms with Crippen LogP contribution in [0.5, 0.6) is 0 Å². The first-order valence-electron chi connectivity index (χ1n) is 11.2. The van der Waals surface area contributed by atoms with Crippen LogP contribution in [0.1, 0.15) is 116 Å². The summed E-state index contributed by atoms with van der Waals surface area (Å²) in [5, 5.41) is 6.56. The molecular weight excluding hydrogens is 358 g/mol. The number of rotatable bonds is 18. The molecule has 1 aromatic rings. The number of nitrogens with zero attached hydrogens (tertiary/aromatic N) is 2. The summed E-state index contributed by atoms with van der Waals surface area (Å²) >= 11 is 0. The minimum atomic E-state index is -3.33. The average molecular weight is 400 g/mol. The van der Waals surface area contributed by atoms with Crippen LogP contribution in [-0.4, -0.2) is 29.4 Å². The van der Waals surface area contributed by atoms with Crippen molar-refractivity contribution in [2.45, 2.75) is 122 Å². The molecule has 0 saturated carbocycles. The maximum atomic E-state index is 12.2. The molecule has 0 radical (unpaired) electrons. The van der Waals surface area contributed by atoms with E-state index in [-0.39, 0.29) is 10.9 Å². The summed E-state index contributed by atoms with van der Waals surface area (Å²) in [4.78, 5) is 4.10. The molecular formula is C21H41N3O2S. The van der Waals surface area contributed by atoms with Gasteiger partial charge in [-0.1, -0.05) is 97.3 Å². The first-order chi connectivity index (χ1) is 13.1. The van der Waals surface area contributed by atoms with Crippen molar-refractivity contribution in [3.05, 3.63) is 5.82 Å². The van der Waals surface area contributed by atoms with Gasteiger partial charge in [-0.2, -0.15) is 0 Å². The summed E-state index contributed by atoms with van der Waals surface area (Å²) in [6, 6.07) is 0. The van der Waals surface area contributed by atoms with Crippen molar-refractivity contribution in [3.63, 3.8) is 0 Å². The second kappa shape index (κ2) is 15.1. The number of hydrogen-bond donors (Lipinski definition) is 1. The van der Waals surface area contributed by atoms with E-state index < -0.39 is 9.84 Å². The van der Waals surface area contributed by atoms with Gasteiger partial charge in [-0.25, -0.2) is 13.4 Å². The van der Waals surface area contributed by atoms with Crippen LogP contribution < -0.4 is 0 Å². The average Bonchev–Trinajstić information content (AvgIpc) is 3.12. The number of nitrogens with one attached hydrogen (secondary N) is 1. The number of aryl methyl sites for hydroxylation is 1. The Hall–Kier alpha value is -0.910. The molecule has 0 fully saturated rings. The van der Waals surface area contributed by atoms with Crippen molar-refractivity contribution in [2.75, 3.05) is 5.75 Å². The smallest absolute Gasteiger partial charge is 0.262 e. The van der Waals surface area contributed by atoms with Crippen molar-refractivity contribution in [2.24, 2.45) is 0 Å². The van der Waals surface area contributed by atoms with E-state index in [0.717, 1.165) is 25.7 Å². The van der Waals surface area contributed by atoms with Crippen molar-refractivity contribution in [1.82, 2.24) is 15.2 Å². The van der Waals surface area contributed by atoms with Gasteiger partial charge in [-0.15, -0.1) is 5.10 Å². The van der Waals surface area contributed by atoms with Crippen LogP contribution in [0, 0.1) is 0 Å². The summed E-state index contributed by atoms with van der Waals surface area (Å²) in [5.41, 5.74) is 0. The normalized spacial score (nSPS) is 11.9. The zero-order chi connectivity index (χ0) is 19.8. The summed E-state index contributed by atoms with van der Waals surface area (Å²) in [6.45, 7) is 4.30. The van der Waals surface area contributed by atoms with Crippen LogP contribution in [-0.2, 0) is 16.3 Å². The maximum Gasteiger partial charge on any atom is 0.266 e. The zero-order valence-electron chi connectivity index (χ0n) is 17.6. The van der Waals surface area contributed by atoms with Gasteiger partial charge in [0.15, 0.2) is 0 Å². The molecule has 1 heterocycles. The molecule has 0 atom stereocenters. The minimum Gasteiger partial charge on any atom is -0.262 e. The number of sulfone groups is 1. The highest BCUT2D eigenvalue weighted by atomic mass is 32.2. The molecule has 0 spiro atoms. The molecule has 1 aromatic heterocycles. The van der Waals surface area contributed by atoms with Crippen LogP contribution in [0.4, 0.5) is 0 Å². The Bertz CT molecular complexity index is 570. The van der Waals surface area contributed by atoms with Gasteiger partial charge >= 0.3 is 0 Å². The van der Waals surface area contributed by atoms with Gasteiger partial charge in [0, 0.05) is 6.42 Å². The Kier molecular flexibility index (Phi) is 13.5. The molecule has 27 heavy (non-hydrogen) atoms. The lowest BCUT2D eigenvalue weighted by Gasteiger charge is -2.03. The van der Waals surface area contributed by atoms with Crippen LogP contribution in [0.15, 0.2) is 5.16 Å².